The van der Waals surface area contributed by atoms with E-state index in [0.29, 0.717) is 22.8 Å². The largest absolute Gasteiger partial charge is 0.484 e. The quantitative estimate of drug-likeness (QED) is 0.352. The Hall–Kier alpha value is -4.86. The fourth-order valence-corrected chi connectivity index (χ4v) is 3.12. The number of hydrogen-bond donors (Lipinski definition) is 2. The molecule has 0 spiro atoms. The predicted molar refractivity (Wildman–Crippen MR) is 127 cm³/mol. The molecule has 0 aliphatic carbocycles. The lowest BCUT2D eigenvalue weighted by atomic mass is 10.2. The Morgan fingerprint density at radius 1 is 0.971 bits per heavy atom. The molecule has 0 atom stereocenters. The van der Waals surface area contributed by atoms with E-state index >= 15 is 0 Å². The van der Waals surface area contributed by atoms with Gasteiger partial charge in [-0.3, -0.25) is 9.59 Å². The summed E-state index contributed by atoms with van der Waals surface area (Å²) < 4.78 is 17.1. The van der Waals surface area contributed by atoms with Gasteiger partial charge < -0.3 is 24.5 Å². The second-order valence-electron chi connectivity index (χ2n) is 7.21. The fraction of sp³-hybridized carbons (Fsp3) is 0.120. The molecule has 2 aromatic carbocycles. The topological polar surface area (TPSA) is 125 Å². The van der Waals surface area contributed by atoms with Gasteiger partial charge in [-0.05, 0) is 55.5 Å². The molecule has 0 aliphatic heterocycles. The van der Waals surface area contributed by atoms with Gasteiger partial charge in [0, 0.05) is 23.6 Å². The molecule has 2 amide bonds. The smallest absolute Gasteiger partial charge is 0.358 e. The third kappa shape index (κ3) is 6.14. The molecule has 10 nitrogen and oxygen atoms in total. The summed E-state index contributed by atoms with van der Waals surface area (Å²) in [5.74, 6) is -0.673. The lowest BCUT2D eigenvalue weighted by molar-refractivity contribution is -0.118. The summed E-state index contributed by atoms with van der Waals surface area (Å²) in [6, 6.07) is 18.4. The number of anilines is 2. The van der Waals surface area contributed by atoms with Gasteiger partial charge in [-0.25, -0.2) is 9.48 Å². The van der Waals surface area contributed by atoms with Gasteiger partial charge in [-0.1, -0.05) is 12.1 Å². The molecular weight excluding hydrogens is 452 g/mol. The van der Waals surface area contributed by atoms with Gasteiger partial charge in [0.2, 0.25) is 0 Å². The molecule has 2 heterocycles. The van der Waals surface area contributed by atoms with Crippen LogP contribution in [0.2, 0.25) is 0 Å². The zero-order chi connectivity index (χ0) is 24.6. The second-order valence-corrected chi connectivity index (χ2v) is 7.21. The van der Waals surface area contributed by atoms with Crippen LogP contribution in [0.3, 0.4) is 0 Å². The van der Waals surface area contributed by atoms with E-state index < -0.39 is 11.9 Å². The minimum absolute atomic E-state index is 0.185. The molecule has 0 unspecified atom stereocenters. The Kier molecular flexibility index (Phi) is 7.22. The molecule has 4 rings (SSSR count). The van der Waals surface area contributed by atoms with E-state index in [1.165, 1.54) is 10.9 Å². The van der Waals surface area contributed by atoms with Gasteiger partial charge in [0.05, 0.1) is 18.6 Å². The van der Waals surface area contributed by atoms with E-state index in [-0.39, 0.29) is 30.6 Å². The van der Waals surface area contributed by atoms with Gasteiger partial charge in [0.25, 0.3) is 11.8 Å². The zero-order valence-corrected chi connectivity index (χ0v) is 18.8. The van der Waals surface area contributed by atoms with Crippen molar-refractivity contribution in [2.75, 3.05) is 23.8 Å². The van der Waals surface area contributed by atoms with Gasteiger partial charge >= 0.3 is 5.97 Å². The molecule has 2 aromatic heterocycles. The van der Waals surface area contributed by atoms with E-state index in [0.717, 1.165) is 0 Å². The SMILES string of the molecule is CCOC(=O)c1ccn(-c2cccc(NC(=O)COc3cccc(NC(=O)c4ccco4)c3)c2)n1. The molecule has 0 saturated heterocycles. The number of furan rings is 1. The summed E-state index contributed by atoms with van der Waals surface area (Å²) in [5.41, 5.74) is 1.87. The maximum atomic E-state index is 12.4. The first kappa shape index (κ1) is 23.3. The number of benzene rings is 2. The van der Waals surface area contributed by atoms with E-state index in [9.17, 15) is 14.4 Å². The van der Waals surface area contributed by atoms with E-state index in [1.54, 1.807) is 79.9 Å². The number of ether oxygens (including phenoxy) is 2. The van der Waals surface area contributed by atoms with Crippen molar-refractivity contribution < 1.29 is 28.3 Å². The average Bonchev–Trinajstić information content (AvgIpc) is 3.56. The van der Waals surface area contributed by atoms with Crippen molar-refractivity contribution in [3.05, 3.63) is 90.6 Å². The highest BCUT2D eigenvalue weighted by atomic mass is 16.5. The minimum Gasteiger partial charge on any atom is -0.484 e. The summed E-state index contributed by atoms with van der Waals surface area (Å²) >= 11 is 0. The number of rotatable bonds is 9. The van der Waals surface area contributed by atoms with Crippen LogP contribution in [0.1, 0.15) is 28.0 Å². The normalized spacial score (nSPS) is 10.4. The molecule has 10 heteroatoms. The fourth-order valence-electron chi connectivity index (χ4n) is 3.12. The number of nitrogens with zero attached hydrogens (tertiary/aromatic N) is 2. The van der Waals surface area contributed by atoms with Gasteiger partial charge in [0.1, 0.15) is 5.75 Å². The minimum atomic E-state index is -0.502. The van der Waals surface area contributed by atoms with Gasteiger partial charge in [0.15, 0.2) is 18.1 Å². The van der Waals surface area contributed by atoms with Crippen LogP contribution in [0.5, 0.6) is 5.75 Å². The van der Waals surface area contributed by atoms with Crippen LogP contribution >= 0.6 is 0 Å². The van der Waals surface area contributed by atoms with Crippen molar-refractivity contribution in [1.29, 1.82) is 0 Å². The standard InChI is InChI=1S/C25H22N4O6/c1-2-33-25(32)21-11-12-29(28-21)19-8-3-6-17(14-19)26-23(30)16-35-20-9-4-7-18(15-20)27-24(31)22-10-5-13-34-22/h3-15H,2,16H2,1H3,(H,26,30)(H,27,31). The highest BCUT2D eigenvalue weighted by Gasteiger charge is 2.12. The molecule has 0 bridgehead atoms. The number of nitrogens with one attached hydrogen (secondary N) is 2. The van der Waals surface area contributed by atoms with E-state index in [4.69, 9.17) is 13.9 Å². The van der Waals surface area contributed by atoms with Crippen molar-refractivity contribution in [2.24, 2.45) is 0 Å². The average molecular weight is 474 g/mol. The molecule has 178 valence electrons. The van der Waals surface area contributed by atoms with Crippen LogP contribution in [0, 0.1) is 0 Å². The van der Waals surface area contributed by atoms with Gasteiger partial charge in [-0.15, -0.1) is 0 Å². The number of aromatic nitrogens is 2. The van der Waals surface area contributed by atoms with Crippen LogP contribution in [0.4, 0.5) is 11.4 Å². The monoisotopic (exact) mass is 474 g/mol. The Morgan fingerprint density at radius 3 is 2.54 bits per heavy atom. The molecule has 4 aromatic rings. The summed E-state index contributed by atoms with van der Waals surface area (Å²) in [6.45, 7) is 1.75. The molecule has 0 saturated carbocycles. The van der Waals surface area contributed by atoms with Gasteiger partial charge in [-0.2, -0.15) is 5.10 Å². The summed E-state index contributed by atoms with van der Waals surface area (Å²) in [6.07, 6.45) is 3.05. The lowest BCUT2D eigenvalue weighted by Gasteiger charge is -2.10. The Bertz CT molecular complexity index is 1330. The first-order chi connectivity index (χ1) is 17.0. The maximum Gasteiger partial charge on any atom is 0.358 e. The Balaban J connectivity index is 1.33. The molecule has 2 N–H and O–H groups in total. The number of amides is 2. The van der Waals surface area contributed by atoms with Crippen LogP contribution in [-0.2, 0) is 9.53 Å². The lowest BCUT2D eigenvalue weighted by Crippen LogP contribution is -2.20. The van der Waals surface area contributed by atoms with Crippen molar-refractivity contribution in [3.63, 3.8) is 0 Å². The number of esters is 1. The summed E-state index contributed by atoms with van der Waals surface area (Å²) in [7, 11) is 0. The van der Waals surface area contributed by atoms with Crippen LogP contribution < -0.4 is 15.4 Å². The van der Waals surface area contributed by atoms with Crippen molar-refractivity contribution in [3.8, 4) is 11.4 Å². The number of hydrogen-bond acceptors (Lipinski definition) is 7. The molecule has 0 fully saturated rings. The maximum absolute atomic E-state index is 12.4. The Labute approximate surface area is 200 Å². The van der Waals surface area contributed by atoms with Crippen LogP contribution in [-0.4, -0.2) is 40.8 Å². The van der Waals surface area contributed by atoms with Crippen molar-refractivity contribution in [2.45, 2.75) is 6.92 Å². The molecule has 0 radical (unpaired) electrons. The van der Waals surface area contributed by atoms with E-state index in [2.05, 4.69) is 15.7 Å². The molecule has 35 heavy (non-hydrogen) atoms. The predicted octanol–water partition coefficient (Wildman–Crippen LogP) is 3.91. The van der Waals surface area contributed by atoms with Crippen molar-refractivity contribution in [1.82, 2.24) is 9.78 Å². The first-order valence-corrected chi connectivity index (χ1v) is 10.7. The van der Waals surface area contributed by atoms with Crippen molar-refractivity contribution >= 4 is 29.2 Å². The van der Waals surface area contributed by atoms with Crippen LogP contribution in [0.15, 0.2) is 83.6 Å². The third-order valence-electron chi connectivity index (χ3n) is 4.67. The van der Waals surface area contributed by atoms with Crippen LogP contribution in [0.25, 0.3) is 5.69 Å². The summed E-state index contributed by atoms with van der Waals surface area (Å²) in [5, 5.41) is 9.67. The second kappa shape index (κ2) is 10.8. The number of carbonyl (C=O) groups excluding carboxylic acids is 3. The first-order valence-electron chi connectivity index (χ1n) is 10.7. The molecular formula is C25H22N4O6. The highest BCUT2D eigenvalue weighted by molar-refractivity contribution is 6.02. The van der Waals surface area contributed by atoms with E-state index in [1.807, 2.05) is 0 Å². The Morgan fingerprint density at radius 2 is 1.77 bits per heavy atom. The number of carbonyl (C=O) groups is 3. The molecule has 0 aliphatic rings. The zero-order valence-electron chi connectivity index (χ0n) is 18.8. The third-order valence-corrected chi connectivity index (χ3v) is 4.67. The summed E-state index contributed by atoms with van der Waals surface area (Å²) in [4.78, 5) is 36.4. The highest BCUT2D eigenvalue weighted by Crippen LogP contribution is 2.19.